The van der Waals surface area contributed by atoms with Gasteiger partial charge in [0, 0.05) is 30.3 Å². The molecule has 1 saturated heterocycles. The van der Waals surface area contributed by atoms with Crippen LogP contribution in [-0.4, -0.2) is 43.0 Å². The number of carbonyl (C=O) groups excluding carboxylic acids is 1. The summed E-state index contributed by atoms with van der Waals surface area (Å²) in [4.78, 5) is 14.2. The fraction of sp³-hybridized carbons (Fsp3) is 0.375. The molecule has 0 saturated carbocycles. The molecule has 1 aromatic heterocycles. The lowest BCUT2D eigenvalue weighted by atomic mass is 9.96. The molecular formula is C24H26Cl2N4O3. The maximum absolute atomic E-state index is 12.1. The molecule has 9 heteroatoms. The number of rotatable bonds is 6. The fourth-order valence-corrected chi connectivity index (χ4v) is 4.70. The second-order valence-electron chi connectivity index (χ2n) is 8.01. The number of hydrogen-bond acceptors (Lipinski definition) is 7. The number of esters is 1. The van der Waals surface area contributed by atoms with Gasteiger partial charge < -0.3 is 20.1 Å². The first-order chi connectivity index (χ1) is 15.9. The van der Waals surface area contributed by atoms with Crippen molar-refractivity contribution in [1.29, 1.82) is 0 Å². The van der Waals surface area contributed by atoms with Gasteiger partial charge in [0.1, 0.15) is 5.75 Å². The van der Waals surface area contributed by atoms with Crippen molar-refractivity contribution in [3.63, 3.8) is 0 Å². The van der Waals surface area contributed by atoms with Crippen LogP contribution in [0.1, 0.15) is 31.0 Å². The first kappa shape index (κ1) is 23.4. The van der Waals surface area contributed by atoms with Crippen LogP contribution in [0, 0.1) is 5.92 Å². The molecule has 0 aliphatic carbocycles. The highest BCUT2D eigenvalue weighted by Crippen LogP contribution is 2.37. The molecule has 0 atom stereocenters. The van der Waals surface area contributed by atoms with Gasteiger partial charge >= 0.3 is 5.97 Å². The SMILES string of the molecule is CCOC(=O)C1CCN(c2nnc(Cc3ccc(OC)c(Cl)c3)c3c(N)c(Cl)ccc23)CC1. The van der Waals surface area contributed by atoms with Crippen LogP contribution in [0.5, 0.6) is 5.75 Å². The van der Waals surface area contributed by atoms with Gasteiger partial charge in [0.2, 0.25) is 0 Å². The predicted octanol–water partition coefficient (Wildman–Crippen LogP) is 4.90. The third-order valence-electron chi connectivity index (χ3n) is 5.99. The molecule has 0 unspecified atom stereocenters. The maximum atomic E-state index is 12.1. The Labute approximate surface area is 202 Å². The van der Waals surface area contributed by atoms with Gasteiger partial charge in [-0.2, -0.15) is 5.10 Å². The topological polar surface area (TPSA) is 90.6 Å². The molecule has 0 radical (unpaired) electrons. The average Bonchev–Trinajstić information content (AvgIpc) is 2.82. The summed E-state index contributed by atoms with van der Waals surface area (Å²) in [6, 6.07) is 9.32. The van der Waals surface area contributed by atoms with Crippen LogP contribution in [0.3, 0.4) is 0 Å². The molecule has 0 bridgehead atoms. The van der Waals surface area contributed by atoms with Crippen molar-refractivity contribution in [2.45, 2.75) is 26.2 Å². The highest BCUT2D eigenvalue weighted by atomic mass is 35.5. The van der Waals surface area contributed by atoms with Crippen LogP contribution in [0.15, 0.2) is 30.3 Å². The Morgan fingerprint density at radius 2 is 1.91 bits per heavy atom. The number of benzene rings is 2. The minimum atomic E-state index is -0.127. The minimum Gasteiger partial charge on any atom is -0.495 e. The number of nitrogens with two attached hydrogens (primary N) is 1. The standard InChI is InChI=1S/C24H26Cl2N4O3/c1-3-33-24(31)15-8-10-30(11-9-15)23-16-5-6-17(25)22(27)21(16)19(28-29-23)13-14-4-7-20(32-2)18(26)12-14/h4-7,12,15H,3,8-11,13,27H2,1-2H3. The summed E-state index contributed by atoms with van der Waals surface area (Å²) in [7, 11) is 1.58. The monoisotopic (exact) mass is 488 g/mol. The number of aromatic nitrogens is 2. The Hall–Kier alpha value is -2.77. The largest absolute Gasteiger partial charge is 0.495 e. The number of carbonyl (C=O) groups is 1. The van der Waals surface area contributed by atoms with Crippen LogP contribution in [-0.2, 0) is 16.0 Å². The summed E-state index contributed by atoms with van der Waals surface area (Å²) in [5, 5.41) is 11.8. The van der Waals surface area contributed by atoms with Crippen LogP contribution >= 0.6 is 23.2 Å². The Kier molecular flexibility index (Phi) is 7.10. The number of hydrogen-bond donors (Lipinski definition) is 1. The first-order valence-corrected chi connectivity index (χ1v) is 11.7. The van der Waals surface area contributed by atoms with E-state index in [9.17, 15) is 4.79 Å². The second kappa shape index (κ2) is 10.0. The summed E-state index contributed by atoms with van der Waals surface area (Å²) in [6.45, 7) is 3.59. The molecule has 0 spiro atoms. The van der Waals surface area contributed by atoms with Crippen molar-refractivity contribution < 1.29 is 14.3 Å². The third-order valence-corrected chi connectivity index (χ3v) is 6.61. The van der Waals surface area contributed by atoms with Crippen molar-refractivity contribution in [2.75, 3.05) is 37.4 Å². The molecule has 0 amide bonds. The minimum absolute atomic E-state index is 0.0842. The lowest BCUT2D eigenvalue weighted by Gasteiger charge is -2.32. The van der Waals surface area contributed by atoms with Gasteiger partial charge in [0.05, 0.1) is 41.1 Å². The number of methoxy groups -OCH3 is 1. The summed E-state index contributed by atoms with van der Waals surface area (Å²) >= 11 is 12.7. The molecule has 1 aliphatic heterocycles. The number of ether oxygens (including phenoxy) is 2. The van der Waals surface area contributed by atoms with Crippen molar-refractivity contribution in [1.82, 2.24) is 10.2 Å². The van der Waals surface area contributed by atoms with E-state index in [1.807, 2.05) is 31.2 Å². The smallest absolute Gasteiger partial charge is 0.309 e. The molecule has 2 heterocycles. The van der Waals surface area contributed by atoms with Crippen LogP contribution in [0.4, 0.5) is 11.5 Å². The highest BCUT2D eigenvalue weighted by Gasteiger charge is 2.28. The quantitative estimate of drug-likeness (QED) is 0.389. The van der Waals surface area contributed by atoms with E-state index < -0.39 is 0 Å². The number of piperidine rings is 1. The third kappa shape index (κ3) is 4.80. The Morgan fingerprint density at radius 1 is 1.15 bits per heavy atom. The zero-order valence-electron chi connectivity index (χ0n) is 18.6. The van der Waals surface area contributed by atoms with Crippen molar-refractivity contribution in [3.8, 4) is 5.75 Å². The van der Waals surface area contributed by atoms with Gasteiger partial charge in [0.15, 0.2) is 5.82 Å². The lowest BCUT2D eigenvalue weighted by molar-refractivity contribution is -0.148. The molecule has 4 rings (SSSR count). The zero-order valence-corrected chi connectivity index (χ0v) is 20.1. The molecule has 174 valence electrons. The number of nitrogen functional groups attached to an aromatic ring is 1. The first-order valence-electron chi connectivity index (χ1n) is 10.9. The van der Waals surface area contributed by atoms with Crippen molar-refractivity contribution >= 4 is 51.4 Å². The average molecular weight is 489 g/mol. The van der Waals surface area contributed by atoms with E-state index in [4.69, 9.17) is 38.4 Å². The summed E-state index contributed by atoms with van der Waals surface area (Å²) in [5.41, 5.74) is 8.57. The van der Waals surface area contributed by atoms with Gasteiger partial charge in [0.25, 0.3) is 0 Å². The Bertz CT molecular complexity index is 1180. The lowest BCUT2D eigenvalue weighted by Crippen LogP contribution is -2.37. The summed E-state index contributed by atoms with van der Waals surface area (Å²) in [6.07, 6.45) is 1.90. The predicted molar refractivity (Wildman–Crippen MR) is 131 cm³/mol. The van der Waals surface area contributed by atoms with Crippen LogP contribution in [0.25, 0.3) is 10.8 Å². The Balaban J connectivity index is 1.66. The van der Waals surface area contributed by atoms with Gasteiger partial charge in [-0.3, -0.25) is 4.79 Å². The van der Waals surface area contributed by atoms with E-state index >= 15 is 0 Å². The number of anilines is 2. The normalized spacial score (nSPS) is 14.5. The summed E-state index contributed by atoms with van der Waals surface area (Å²) < 4.78 is 10.4. The number of nitrogens with zero attached hydrogens (tertiary/aromatic N) is 3. The van der Waals surface area contributed by atoms with Gasteiger partial charge in [-0.05, 0) is 49.6 Å². The highest BCUT2D eigenvalue weighted by molar-refractivity contribution is 6.35. The Morgan fingerprint density at radius 3 is 2.58 bits per heavy atom. The van der Waals surface area contributed by atoms with Gasteiger partial charge in [-0.1, -0.05) is 29.3 Å². The molecule has 7 nitrogen and oxygen atoms in total. The molecule has 33 heavy (non-hydrogen) atoms. The molecule has 1 fully saturated rings. The number of halogens is 2. The van der Waals surface area contributed by atoms with E-state index in [1.165, 1.54) is 0 Å². The van der Waals surface area contributed by atoms with Crippen LogP contribution in [0.2, 0.25) is 10.0 Å². The number of fused-ring (bicyclic) bond motifs is 1. The summed E-state index contributed by atoms with van der Waals surface area (Å²) in [5.74, 6) is 1.14. The molecule has 2 N–H and O–H groups in total. The van der Waals surface area contributed by atoms with Crippen LogP contribution < -0.4 is 15.4 Å². The second-order valence-corrected chi connectivity index (χ2v) is 8.83. The van der Waals surface area contributed by atoms with Gasteiger partial charge in [-0.25, -0.2) is 0 Å². The fourth-order valence-electron chi connectivity index (χ4n) is 4.26. The van der Waals surface area contributed by atoms with E-state index in [2.05, 4.69) is 15.1 Å². The van der Waals surface area contributed by atoms with Gasteiger partial charge in [-0.15, -0.1) is 5.10 Å². The zero-order chi connectivity index (χ0) is 23.5. The molecule has 2 aromatic carbocycles. The maximum Gasteiger partial charge on any atom is 0.309 e. The molecule has 1 aliphatic rings. The van der Waals surface area contributed by atoms with Crippen molar-refractivity contribution in [2.24, 2.45) is 5.92 Å². The van der Waals surface area contributed by atoms with E-state index in [1.54, 1.807) is 13.2 Å². The van der Waals surface area contributed by atoms with E-state index in [0.29, 0.717) is 60.4 Å². The van der Waals surface area contributed by atoms with E-state index in [-0.39, 0.29) is 11.9 Å². The van der Waals surface area contributed by atoms with Crippen molar-refractivity contribution in [3.05, 3.63) is 51.6 Å². The molecule has 3 aromatic rings. The van der Waals surface area contributed by atoms with E-state index in [0.717, 1.165) is 27.8 Å². The molecular weight excluding hydrogens is 463 g/mol.